The van der Waals surface area contributed by atoms with E-state index in [1.807, 2.05) is 60.7 Å². The van der Waals surface area contributed by atoms with Gasteiger partial charge in [0, 0.05) is 24.8 Å². The number of hydrogen-bond donors (Lipinski definition) is 1. The van der Waals surface area contributed by atoms with Crippen LogP contribution in [0.4, 0.5) is 0 Å². The molecule has 168 valence electrons. The number of benzene rings is 2. The normalized spacial score (nSPS) is 10.9. The molecule has 0 spiro atoms. The minimum atomic E-state index is -0.571. The number of rotatable bonds is 8. The molecule has 0 unspecified atom stereocenters. The summed E-state index contributed by atoms with van der Waals surface area (Å²) in [6.45, 7) is 2.21. The Labute approximate surface area is 190 Å². The van der Waals surface area contributed by atoms with Crippen LogP contribution in [0.5, 0.6) is 0 Å². The number of carbonyl (C=O) groups excluding carboxylic acids is 1. The Bertz CT molecular complexity index is 1380. The van der Waals surface area contributed by atoms with E-state index < -0.39 is 11.2 Å². The maximum Gasteiger partial charge on any atom is 0.333 e. The molecule has 2 aromatic carbocycles. The summed E-state index contributed by atoms with van der Waals surface area (Å²) in [5.41, 5.74) is 1.11. The van der Waals surface area contributed by atoms with Crippen molar-refractivity contribution in [1.29, 1.82) is 0 Å². The van der Waals surface area contributed by atoms with Gasteiger partial charge in [0.25, 0.3) is 5.56 Å². The Morgan fingerprint density at radius 3 is 2.36 bits per heavy atom. The summed E-state index contributed by atoms with van der Waals surface area (Å²) in [5.74, 6) is 0.0455. The number of aryl methyl sites for hydroxylation is 2. The van der Waals surface area contributed by atoms with Gasteiger partial charge in [0.1, 0.15) is 11.9 Å². The highest BCUT2D eigenvalue weighted by Crippen LogP contribution is 2.15. The molecular formula is C25H25N5O3. The number of amides is 1. The van der Waals surface area contributed by atoms with Crippen molar-refractivity contribution < 1.29 is 4.79 Å². The van der Waals surface area contributed by atoms with Crippen LogP contribution in [0.2, 0.25) is 0 Å². The highest BCUT2D eigenvalue weighted by atomic mass is 16.2. The number of nitrogens with one attached hydrogen (secondary N) is 1. The van der Waals surface area contributed by atoms with E-state index in [4.69, 9.17) is 0 Å². The van der Waals surface area contributed by atoms with E-state index in [0.29, 0.717) is 18.9 Å². The molecule has 0 aliphatic carbocycles. The van der Waals surface area contributed by atoms with Crippen molar-refractivity contribution in [3.63, 3.8) is 0 Å². The fraction of sp³-hybridized carbons (Fsp3) is 0.240. The summed E-state index contributed by atoms with van der Waals surface area (Å²) in [6.07, 6.45) is 3.02. The monoisotopic (exact) mass is 443 g/mol. The Morgan fingerprint density at radius 2 is 1.67 bits per heavy atom. The Kier molecular flexibility index (Phi) is 6.73. The summed E-state index contributed by atoms with van der Waals surface area (Å²) in [5, 5.41) is 3.00. The molecule has 4 rings (SSSR count). The number of nitrogens with zero attached hydrogens (tertiary/aromatic N) is 4. The molecule has 0 saturated heterocycles. The predicted molar refractivity (Wildman–Crippen MR) is 127 cm³/mol. The van der Waals surface area contributed by atoms with Gasteiger partial charge < -0.3 is 5.32 Å². The third-order valence-electron chi connectivity index (χ3n) is 5.42. The lowest BCUT2D eigenvalue weighted by Gasteiger charge is -2.13. The van der Waals surface area contributed by atoms with E-state index in [9.17, 15) is 14.4 Å². The minimum absolute atomic E-state index is 0.202. The van der Waals surface area contributed by atoms with Crippen LogP contribution in [0.1, 0.15) is 18.9 Å². The van der Waals surface area contributed by atoms with Crippen LogP contribution >= 0.6 is 0 Å². The maximum atomic E-state index is 13.0. The quantitative estimate of drug-likeness (QED) is 0.422. The van der Waals surface area contributed by atoms with Gasteiger partial charge in [-0.25, -0.2) is 14.8 Å². The molecule has 0 bridgehead atoms. The molecule has 1 amide bonds. The van der Waals surface area contributed by atoms with Crippen molar-refractivity contribution >= 4 is 16.9 Å². The average molecular weight is 444 g/mol. The van der Waals surface area contributed by atoms with Crippen LogP contribution < -0.4 is 16.6 Å². The van der Waals surface area contributed by atoms with Crippen LogP contribution in [0.25, 0.3) is 22.4 Å². The van der Waals surface area contributed by atoms with E-state index in [1.165, 1.54) is 16.3 Å². The topological polar surface area (TPSA) is 98.9 Å². The second-order valence-corrected chi connectivity index (χ2v) is 7.65. The molecule has 0 saturated carbocycles. The Hall–Kier alpha value is -4.07. The zero-order valence-corrected chi connectivity index (χ0v) is 18.4. The van der Waals surface area contributed by atoms with Crippen LogP contribution in [0.3, 0.4) is 0 Å². The lowest BCUT2D eigenvalue weighted by Crippen LogP contribution is -2.44. The first-order valence-electron chi connectivity index (χ1n) is 10.9. The molecule has 1 N–H and O–H groups in total. The molecule has 4 aromatic rings. The standard InChI is InChI=1S/C25H25N5O3/c1-2-29-23-20(16-27-22(28-23)19-13-7-4-8-14-19)24(32)30(25(29)33)17-21(31)26-15-9-12-18-10-5-3-6-11-18/h3-8,10-11,13-14,16H,2,9,12,15,17H2,1H3,(H,26,31). The molecule has 0 radical (unpaired) electrons. The van der Waals surface area contributed by atoms with Gasteiger partial charge in [-0.2, -0.15) is 0 Å². The third-order valence-corrected chi connectivity index (χ3v) is 5.42. The lowest BCUT2D eigenvalue weighted by molar-refractivity contribution is -0.121. The van der Waals surface area contributed by atoms with Crippen molar-refractivity contribution in [2.75, 3.05) is 6.54 Å². The molecule has 33 heavy (non-hydrogen) atoms. The second kappa shape index (κ2) is 10.0. The Balaban J connectivity index is 1.54. The van der Waals surface area contributed by atoms with Gasteiger partial charge in [-0.15, -0.1) is 0 Å². The largest absolute Gasteiger partial charge is 0.355 e. The zero-order valence-electron chi connectivity index (χ0n) is 18.4. The van der Waals surface area contributed by atoms with Crippen molar-refractivity contribution in [2.24, 2.45) is 0 Å². The van der Waals surface area contributed by atoms with Crippen LogP contribution in [-0.2, 0) is 24.3 Å². The van der Waals surface area contributed by atoms with Gasteiger partial charge in [-0.3, -0.25) is 18.7 Å². The summed E-state index contributed by atoms with van der Waals surface area (Å²) in [4.78, 5) is 47.3. The van der Waals surface area contributed by atoms with E-state index in [1.54, 1.807) is 6.92 Å². The average Bonchev–Trinajstić information content (AvgIpc) is 2.85. The highest BCUT2D eigenvalue weighted by molar-refractivity contribution is 5.78. The first-order valence-corrected chi connectivity index (χ1v) is 10.9. The van der Waals surface area contributed by atoms with Crippen LogP contribution in [0, 0.1) is 0 Å². The van der Waals surface area contributed by atoms with Gasteiger partial charge in [0.15, 0.2) is 11.5 Å². The van der Waals surface area contributed by atoms with E-state index in [-0.39, 0.29) is 23.5 Å². The number of fused-ring (bicyclic) bond motifs is 1. The van der Waals surface area contributed by atoms with Crippen LogP contribution in [-0.4, -0.2) is 31.6 Å². The van der Waals surface area contributed by atoms with E-state index in [2.05, 4.69) is 15.3 Å². The van der Waals surface area contributed by atoms with E-state index in [0.717, 1.165) is 23.0 Å². The zero-order chi connectivity index (χ0) is 23.2. The number of aromatic nitrogens is 4. The Morgan fingerprint density at radius 1 is 0.970 bits per heavy atom. The van der Waals surface area contributed by atoms with Gasteiger partial charge in [0.2, 0.25) is 5.91 Å². The molecular weight excluding hydrogens is 418 g/mol. The molecule has 8 heteroatoms. The SMILES string of the molecule is CCn1c(=O)n(CC(=O)NCCCc2ccccc2)c(=O)c2cnc(-c3ccccc3)nc21. The molecule has 2 aromatic heterocycles. The fourth-order valence-corrected chi connectivity index (χ4v) is 3.71. The van der Waals surface area contributed by atoms with Gasteiger partial charge >= 0.3 is 5.69 Å². The molecule has 0 aliphatic rings. The fourth-order valence-electron chi connectivity index (χ4n) is 3.71. The lowest BCUT2D eigenvalue weighted by atomic mass is 10.1. The summed E-state index contributed by atoms with van der Waals surface area (Å²) >= 11 is 0. The molecule has 8 nitrogen and oxygen atoms in total. The van der Waals surface area contributed by atoms with Crippen molar-refractivity contribution in [3.8, 4) is 11.4 Å². The molecule has 2 heterocycles. The van der Waals surface area contributed by atoms with Gasteiger partial charge in [0.05, 0.1) is 0 Å². The summed E-state index contributed by atoms with van der Waals surface area (Å²) < 4.78 is 2.34. The first kappa shape index (κ1) is 22.1. The predicted octanol–water partition coefficient (Wildman–Crippen LogP) is 2.39. The van der Waals surface area contributed by atoms with Crippen molar-refractivity contribution in [3.05, 3.63) is 93.3 Å². The van der Waals surface area contributed by atoms with Crippen molar-refractivity contribution in [2.45, 2.75) is 32.9 Å². The minimum Gasteiger partial charge on any atom is -0.355 e. The van der Waals surface area contributed by atoms with Crippen molar-refractivity contribution in [1.82, 2.24) is 24.4 Å². The van der Waals surface area contributed by atoms with Gasteiger partial charge in [-0.05, 0) is 25.3 Å². The molecule has 0 fully saturated rings. The summed E-state index contributed by atoms with van der Waals surface area (Å²) in [7, 11) is 0. The third kappa shape index (κ3) is 4.90. The highest BCUT2D eigenvalue weighted by Gasteiger charge is 2.17. The molecule has 0 atom stereocenters. The number of hydrogen-bond acceptors (Lipinski definition) is 5. The summed E-state index contributed by atoms with van der Waals surface area (Å²) in [6, 6.07) is 19.3. The maximum absolute atomic E-state index is 13.0. The smallest absolute Gasteiger partial charge is 0.333 e. The second-order valence-electron chi connectivity index (χ2n) is 7.65. The first-order chi connectivity index (χ1) is 16.1. The van der Waals surface area contributed by atoms with E-state index >= 15 is 0 Å². The molecule has 0 aliphatic heterocycles. The van der Waals surface area contributed by atoms with Gasteiger partial charge in [-0.1, -0.05) is 60.7 Å². The number of carbonyl (C=O) groups is 1. The van der Waals surface area contributed by atoms with Crippen LogP contribution in [0.15, 0.2) is 76.4 Å².